The standard InChI is InChI=1S/C69H86N14O12/c1-4-72-67(94)58-21-13-31-83(58)68(95)51(20-12-30-73-69(70)71)76-61(88)52(32-40(2)3)77-64(91)55(36-43-22-25-44-16-8-9-17-45(44)33-43)79-62(89)54(35-42-23-26-47(85)27-24-42)80-66(93)57(39-84)82-65(92)56(37-46-38-74-49-19-11-10-18-48(46)49)81-63(90)53(34-41-14-6-5-7-15-41)78-60(87)50-28-29-59(86)75-50/h5-11,14-19,22-27,33,38,40,50-58,74,84-85H,4,12-13,20-21,28-32,34-37,39H2,1-3H3,(H,72,94)(H,75,86)(H,76,88)(H,77,91)(H,78,87)(H,79,89)(H,80,93)(H,81,90)(H,82,92)(H4,70,71,73)/t50-,51-,52-,53+,54-,55+,56-,57-,58-/m0/s1. The number of aromatic amines is 1. The van der Waals surface area contributed by atoms with Crippen molar-refractivity contribution in [3.05, 3.63) is 150 Å². The first-order valence-corrected chi connectivity index (χ1v) is 32.2. The second kappa shape index (κ2) is 34.0. The number of rotatable bonds is 32. The number of nitrogens with one attached hydrogen (secondary N) is 12. The highest BCUT2D eigenvalue weighted by Gasteiger charge is 2.40. The van der Waals surface area contributed by atoms with Crippen LogP contribution in [0.2, 0.25) is 0 Å². The number of H-pyrrole nitrogens is 1. The number of aromatic hydroxyl groups is 1. The Kier molecular flexibility index (Phi) is 25.2. The number of aromatic nitrogens is 1. The summed E-state index contributed by atoms with van der Waals surface area (Å²) in [6.45, 7) is 5.23. The fourth-order valence-corrected chi connectivity index (χ4v) is 11.9. The number of fused-ring (bicyclic) bond motifs is 2. The van der Waals surface area contributed by atoms with E-state index in [0.717, 1.165) is 21.7 Å². The van der Waals surface area contributed by atoms with Gasteiger partial charge in [-0.05, 0) is 103 Å². The van der Waals surface area contributed by atoms with Crippen molar-refractivity contribution in [1.29, 1.82) is 5.41 Å². The number of amides is 10. The predicted octanol–water partition coefficient (Wildman–Crippen LogP) is 1.40. The van der Waals surface area contributed by atoms with Crippen LogP contribution in [0.4, 0.5) is 0 Å². The van der Waals surface area contributed by atoms with Gasteiger partial charge in [-0.15, -0.1) is 0 Å². The fraction of sp³-hybridized carbons (Fsp3) is 0.406. The Morgan fingerprint density at radius 3 is 1.79 bits per heavy atom. The molecular weight excluding hydrogens is 1220 g/mol. The van der Waals surface area contributed by atoms with Crippen molar-refractivity contribution in [2.45, 2.75) is 146 Å². The molecule has 0 radical (unpaired) electrons. The van der Waals surface area contributed by atoms with Crippen molar-refractivity contribution in [2.75, 3.05) is 26.2 Å². The minimum atomic E-state index is -1.77. The molecule has 2 aliphatic heterocycles. The predicted molar refractivity (Wildman–Crippen MR) is 355 cm³/mol. The fourth-order valence-electron chi connectivity index (χ4n) is 11.9. The molecule has 0 bridgehead atoms. The SMILES string of the molecule is CCNC(=O)[C@@H]1CCCN1C(=O)[C@H](CCCNC(=N)N)NC(=O)[C@H](CC(C)C)NC(=O)[C@@H](Cc1ccc2ccccc2c1)NC(=O)[C@H](Cc1ccc(O)cc1)NC(=O)[C@H](CO)NC(=O)[C@H](Cc1c[nH]c2ccccc12)NC(=O)[C@@H](Cc1ccccc1)NC(=O)[C@@H]1CCC(=O)N1. The summed E-state index contributed by atoms with van der Waals surface area (Å²) in [5, 5.41) is 58.6. The van der Waals surface area contributed by atoms with Gasteiger partial charge in [-0.3, -0.25) is 53.4 Å². The third kappa shape index (κ3) is 20.1. The molecule has 10 amide bonds. The van der Waals surface area contributed by atoms with E-state index in [2.05, 4.69) is 58.2 Å². The van der Waals surface area contributed by atoms with Gasteiger partial charge in [0.15, 0.2) is 5.96 Å². The summed E-state index contributed by atoms with van der Waals surface area (Å²) < 4.78 is 0. The number of nitrogens with zero attached hydrogens (tertiary/aromatic N) is 1. The summed E-state index contributed by atoms with van der Waals surface area (Å²) in [5.41, 5.74) is 8.54. The van der Waals surface area contributed by atoms with Crippen molar-refractivity contribution in [3.63, 3.8) is 0 Å². The lowest BCUT2D eigenvalue weighted by molar-refractivity contribution is -0.142. The second-order valence-electron chi connectivity index (χ2n) is 24.5. The lowest BCUT2D eigenvalue weighted by atomic mass is 9.98. The van der Waals surface area contributed by atoms with Crippen LogP contribution < -0.4 is 58.9 Å². The maximum absolute atomic E-state index is 15.1. The Morgan fingerprint density at radius 1 is 0.611 bits per heavy atom. The molecular formula is C69H86N14O12. The summed E-state index contributed by atoms with van der Waals surface area (Å²) in [7, 11) is 0. The first-order chi connectivity index (χ1) is 45.7. The van der Waals surface area contributed by atoms with E-state index in [9.17, 15) is 48.6 Å². The third-order valence-corrected chi connectivity index (χ3v) is 16.8. The van der Waals surface area contributed by atoms with E-state index in [1.807, 2.05) is 68.4 Å². The molecule has 16 N–H and O–H groups in total. The molecule has 2 aliphatic rings. The monoisotopic (exact) mass is 1300 g/mol. The van der Waals surface area contributed by atoms with Crippen LogP contribution in [0.25, 0.3) is 21.7 Å². The highest BCUT2D eigenvalue weighted by molar-refractivity contribution is 6.00. The van der Waals surface area contributed by atoms with Crippen LogP contribution in [0.3, 0.4) is 0 Å². The lowest BCUT2D eigenvalue weighted by Gasteiger charge is -2.31. The van der Waals surface area contributed by atoms with Crippen LogP contribution in [-0.4, -0.2) is 166 Å². The number of carbonyl (C=O) groups excluding carboxylic acids is 10. The molecule has 1 aromatic heterocycles. The Morgan fingerprint density at radius 2 is 1.16 bits per heavy atom. The largest absolute Gasteiger partial charge is 0.508 e. The Hall–Kier alpha value is -10.4. The molecule has 0 saturated carbocycles. The molecule has 504 valence electrons. The van der Waals surface area contributed by atoms with Crippen molar-refractivity contribution >= 4 is 86.7 Å². The van der Waals surface area contributed by atoms with Gasteiger partial charge in [-0.2, -0.15) is 0 Å². The molecule has 26 nitrogen and oxygen atoms in total. The zero-order valence-corrected chi connectivity index (χ0v) is 53.5. The molecule has 0 aliphatic carbocycles. The normalized spacial score (nSPS) is 16.6. The quantitative estimate of drug-likeness (QED) is 0.0161. The molecule has 5 aromatic carbocycles. The summed E-state index contributed by atoms with van der Waals surface area (Å²) in [4.78, 5) is 147. The van der Waals surface area contributed by atoms with Gasteiger partial charge >= 0.3 is 0 Å². The number of likely N-dealkylation sites (N-methyl/N-ethyl adjacent to an activating group) is 1. The van der Waals surface area contributed by atoms with Crippen LogP contribution in [0.1, 0.15) is 88.0 Å². The molecule has 2 saturated heterocycles. The van der Waals surface area contributed by atoms with Gasteiger partial charge in [0.2, 0.25) is 59.1 Å². The number of guanidine groups is 1. The summed E-state index contributed by atoms with van der Waals surface area (Å²) >= 11 is 0. The first-order valence-electron chi connectivity index (χ1n) is 32.2. The third-order valence-electron chi connectivity index (χ3n) is 16.8. The van der Waals surface area contributed by atoms with Gasteiger partial charge < -0.3 is 79.0 Å². The number of carbonyl (C=O) groups is 10. The van der Waals surface area contributed by atoms with Gasteiger partial charge in [0.1, 0.15) is 60.1 Å². The van der Waals surface area contributed by atoms with Gasteiger partial charge in [0.05, 0.1) is 6.61 Å². The average Bonchev–Trinajstić information content (AvgIpc) is 1.84. The van der Waals surface area contributed by atoms with Gasteiger partial charge in [0, 0.05) is 68.8 Å². The number of para-hydroxylation sites is 1. The minimum absolute atomic E-state index is 0.0152. The van der Waals surface area contributed by atoms with E-state index in [-0.39, 0.29) is 100 Å². The molecule has 26 heteroatoms. The van der Waals surface area contributed by atoms with Crippen molar-refractivity contribution in [2.24, 2.45) is 11.7 Å². The number of aliphatic hydroxyl groups is 1. The molecule has 6 aromatic rings. The van der Waals surface area contributed by atoms with E-state index >= 15 is 9.59 Å². The number of likely N-dealkylation sites (tertiary alicyclic amines) is 1. The molecule has 9 atom stereocenters. The molecule has 0 unspecified atom stereocenters. The van der Waals surface area contributed by atoms with Crippen molar-refractivity contribution in [3.8, 4) is 5.75 Å². The molecule has 3 heterocycles. The Bertz CT molecular complexity index is 3710. The molecule has 8 rings (SSSR count). The maximum atomic E-state index is 15.1. The van der Waals surface area contributed by atoms with Crippen LogP contribution in [0, 0.1) is 11.3 Å². The molecule has 0 spiro atoms. The van der Waals surface area contributed by atoms with Gasteiger partial charge in [0.25, 0.3) is 0 Å². The van der Waals surface area contributed by atoms with Crippen molar-refractivity contribution in [1.82, 2.24) is 63.1 Å². The number of phenols is 1. The Balaban J connectivity index is 1.06. The maximum Gasteiger partial charge on any atom is 0.245 e. The molecule has 95 heavy (non-hydrogen) atoms. The second-order valence-corrected chi connectivity index (χ2v) is 24.5. The molecule has 2 fully saturated rings. The van der Waals surface area contributed by atoms with E-state index in [4.69, 9.17) is 11.1 Å². The number of hydrogen-bond donors (Lipinski definition) is 15. The number of hydrogen-bond acceptors (Lipinski definition) is 13. The van der Waals surface area contributed by atoms with Crippen LogP contribution in [0.15, 0.2) is 128 Å². The summed E-state index contributed by atoms with van der Waals surface area (Å²) in [5.74, 6) is -7.56. The van der Waals surface area contributed by atoms with Crippen molar-refractivity contribution < 1.29 is 58.2 Å². The van der Waals surface area contributed by atoms with Gasteiger partial charge in [-0.1, -0.05) is 117 Å². The van der Waals surface area contributed by atoms with E-state index in [1.165, 1.54) is 29.2 Å². The van der Waals surface area contributed by atoms with E-state index < -0.39 is 108 Å². The average molecular weight is 1300 g/mol. The van der Waals surface area contributed by atoms with Crippen LogP contribution >= 0.6 is 0 Å². The summed E-state index contributed by atoms with van der Waals surface area (Å²) in [6, 6.07) is 23.2. The van der Waals surface area contributed by atoms with E-state index in [0.29, 0.717) is 41.6 Å². The minimum Gasteiger partial charge on any atom is -0.508 e. The lowest BCUT2D eigenvalue weighted by Crippen LogP contribution is -2.61. The zero-order chi connectivity index (χ0) is 68.1. The smallest absolute Gasteiger partial charge is 0.245 e. The van der Waals surface area contributed by atoms with E-state index in [1.54, 1.807) is 55.6 Å². The number of benzene rings is 5. The first kappa shape index (κ1) is 70.5. The number of aliphatic hydroxyl groups excluding tert-OH is 1. The topological polar surface area (TPSA) is 400 Å². The van der Waals surface area contributed by atoms with Crippen LogP contribution in [0.5, 0.6) is 5.75 Å². The number of phenolic OH excluding ortho intramolecular Hbond substituents is 1. The van der Waals surface area contributed by atoms with Crippen LogP contribution in [-0.2, 0) is 73.6 Å². The zero-order valence-electron chi connectivity index (χ0n) is 53.5. The number of nitrogens with two attached hydrogens (primary N) is 1. The highest BCUT2D eigenvalue weighted by Crippen LogP contribution is 2.23. The Labute approximate surface area is 550 Å². The summed E-state index contributed by atoms with van der Waals surface area (Å²) in [6.07, 6.45) is 2.79. The highest BCUT2D eigenvalue weighted by atomic mass is 16.3. The van der Waals surface area contributed by atoms with Gasteiger partial charge in [-0.25, -0.2) is 0 Å².